The highest BCUT2D eigenvalue weighted by Crippen LogP contribution is 2.42. The SMILES string of the molecule is O=C1CC(c2nc(C3CC3)no2)CN1C1CCc2ccccc21. The molecule has 1 amide bonds. The van der Waals surface area contributed by atoms with Gasteiger partial charge in [0.2, 0.25) is 11.8 Å². The molecule has 5 nitrogen and oxygen atoms in total. The molecule has 3 aliphatic rings. The van der Waals surface area contributed by atoms with Crippen LogP contribution in [-0.2, 0) is 11.2 Å². The molecule has 1 saturated heterocycles. The lowest BCUT2D eigenvalue weighted by atomic mass is 10.1. The number of rotatable bonds is 3. The first-order chi connectivity index (χ1) is 11.3. The summed E-state index contributed by atoms with van der Waals surface area (Å²) in [5.74, 6) is 2.23. The molecule has 5 heteroatoms. The lowest BCUT2D eigenvalue weighted by Gasteiger charge is -2.25. The van der Waals surface area contributed by atoms with Gasteiger partial charge in [-0.05, 0) is 36.8 Å². The van der Waals surface area contributed by atoms with E-state index in [0.29, 0.717) is 24.8 Å². The van der Waals surface area contributed by atoms with Crippen LogP contribution in [0.5, 0.6) is 0 Å². The highest BCUT2D eigenvalue weighted by Gasteiger charge is 2.40. The van der Waals surface area contributed by atoms with Gasteiger partial charge in [0, 0.05) is 18.9 Å². The first kappa shape index (κ1) is 13.3. The topological polar surface area (TPSA) is 59.2 Å². The van der Waals surface area contributed by atoms with Gasteiger partial charge in [-0.2, -0.15) is 4.98 Å². The van der Waals surface area contributed by atoms with Crippen molar-refractivity contribution in [3.8, 4) is 0 Å². The summed E-state index contributed by atoms with van der Waals surface area (Å²) >= 11 is 0. The van der Waals surface area contributed by atoms with Crippen molar-refractivity contribution in [2.45, 2.75) is 50.0 Å². The van der Waals surface area contributed by atoms with E-state index >= 15 is 0 Å². The number of aryl methyl sites for hydroxylation is 1. The van der Waals surface area contributed by atoms with E-state index < -0.39 is 0 Å². The van der Waals surface area contributed by atoms with Crippen molar-refractivity contribution >= 4 is 5.91 Å². The Balaban J connectivity index is 1.37. The van der Waals surface area contributed by atoms with Gasteiger partial charge in [-0.15, -0.1) is 0 Å². The summed E-state index contributed by atoms with van der Waals surface area (Å²) < 4.78 is 5.44. The maximum Gasteiger partial charge on any atom is 0.232 e. The van der Waals surface area contributed by atoms with E-state index in [4.69, 9.17) is 4.52 Å². The van der Waals surface area contributed by atoms with E-state index in [1.807, 2.05) is 4.90 Å². The quantitative estimate of drug-likeness (QED) is 0.874. The van der Waals surface area contributed by atoms with Gasteiger partial charge in [0.15, 0.2) is 5.82 Å². The van der Waals surface area contributed by atoms with Gasteiger partial charge < -0.3 is 9.42 Å². The van der Waals surface area contributed by atoms with Gasteiger partial charge in [-0.25, -0.2) is 0 Å². The summed E-state index contributed by atoms with van der Waals surface area (Å²) in [5.41, 5.74) is 2.69. The number of carbonyl (C=O) groups excluding carboxylic acids is 1. The number of hydrogen-bond donors (Lipinski definition) is 0. The van der Waals surface area contributed by atoms with Gasteiger partial charge in [-0.3, -0.25) is 4.79 Å². The number of benzene rings is 1. The maximum atomic E-state index is 12.5. The molecule has 1 saturated carbocycles. The van der Waals surface area contributed by atoms with Crippen LogP contribution in [0, 0.1) is 0 Å². The van der Waals surface area contributed by atoms with E-state index in [0.717, 1.165) is 31.5 Å². The molecule has 2 aliphatic carbocycles. The monoisotopic (exact) mass is 309 g/mol. The van der Waals surface area contributed by atoms with Crippen molar-refractivity contribution in [3.63, 3.8) is 0 Å². The second-order valence-corrected chi connectivity index (χ2v) is 6.97. The minimum absolute atomic E-state index is 0.0512. The van der Waals surface area contributed by atoms with Crippen LogP contribution in [0.15, 0.2) is 28.8 Å². The van der Waals surface area contributed by atoms with Gasteiger partial charge in [0.25, 0.3) is 0 Å². The highest BCUT2D eigenvalue weighted by molar-refractivity contribution is 5.80. The first-order valence-corrected chi connectivity index (χ1v) is 8.50. The number of amides is 1. The van der Waals surface area contributed by atoms with Crippen molar-refractivity contribution in [1.29, 1.82) is 0 Å². The Hall–Kier alpha value is -2.17. The second kappa shape index (κ2) is 4.91. The lowest BCUT2D eigenvalue weighted by Crippen LogP contribution is -2.28. The molecule has 0 N–H and O–H groups in total. The molecule has 0 bridgehead atoms. The van der Waals surface area contributed by atoms with E-state index in [1.54, 1.807) is 0 Å². The average molecular weight is 309 g/mol. The molecule has 2 fully saturated rings. The Morgan fingerprint density at radius 2 is 2.00 bits per heavy atom. The third-order valence-electron chi connectivity index (χ3n) is 5.39. The van der Waals surface area contributed by atoms with Crippen LogP contribution in [0.1, 0.15) is 66.4 Å². The lowest BCUT2D eigenvalue weighted by molar-refractivity contribution is -0.129. The van der Waals surface area contributed by atoms with Crippen LogP contribution in [0.4, 0.5) is 0 Å². The van der Waals surface area contributed by atoms with Crippen molar-refractivity contribution in [3.05, 3.63) is 47.1 Å². The Bertz CT molecular complexity index is 765. The fraction of sp³-hybridized carbons (Fsp3) is 0.500. The molecule has 1 aromatic heterocycles. The molecule has 2 atom stereocenters. The number of carbonyl (C=O) groups is 1. The summed E-state index contributed by atoms with van der Waals surface area (Å²) in [4.78, 5) is 19.1. The average Bonchev–Trinajstić information content (AvgIpc) is 2.99. The Labute approximate surface area is 134 Å². The minimum Gasteiger partial charge on any atom is -0.339 e. The summed E-state index contributed by atoms with van der Waals surface area (Å²) in [6.07, 6.45) is 4.89. The molecule has 23 heavy (non-hydrogen) atoms. The van der Waals surface area contributed by atoms with Gasteiger partial charge in [0.05, 0.1) is 12.0 Å². The normalized spacial score (nSPS) is 26.8. The fourth-order valence-electron chi connectivity index (χ4n) is 3.98. The van der Waals surface area contributed by atoms with Gasteiger partial charge in [-0.1, -0.05) is 29.4 Å². The maximum absolute atomic E-state index is 12.5. The third-order valence-corrected chi connectivity index (χ3v) is 5.39. The zero-order valence-electron chi connectivity index (χ0n) is 12.9. The number of likely N-dealkylation sites (tertiary alicyclic amines) is 1. The zero-order chi connectivity index (χ0) is 15.4. The third kappa shape index (κ3) is 2.18. The predicted molar refractivity (Wildman–Crippen MR) is 82.8 cm³/mol. The number of aromatic nitrogens is 2. The standard InChI is InChI=1S/C18H19N3O2/c22-16-9-13(18-19-17(20-23-18)12-5-6-12)10-21(16)15-8-7-11-3-1-2-4-14(11)15/h1-4,12-13,15H,5-10H2. The largest absolute Gasteiger partial charge is 0.339 e. The molecule has 5 rings (SSSR count). The van der Waals surface area contributed by atoms with E-state index in [-0.39, 0.29) is 17.9 Å². The van der Waals surface area contributed by atoms with Crippen LogP contribution in [0.3, 0.4) is 0 Å². The van der Waals surface area contributed by atoms with Crippen LogP contribution >= 0.6 is 0 Å². The summed E-state index contributed by atoms with van der Waals surface area (Å²) in [6, 6.07) is 8.69. The first-order valence-electron chi connectivity index (χ1n) is 8.50. The summed E-state index contributed by atoms with van der Waals surface area (Å²) in [5, 5.41) is 4.09. The zero-order valence-corrected chi connectivity index (χ0v) is 12.9. The smallest absolute Gasteiger partial charge is 0.232 e. The summed E-state index contributed by atoms with van der Waals surface area (Å²) in [6.45, 7) is 0.699. The highest BCUT2D eigenvalue weighted by atomic mass is 16.5. The van der Waals surface area contributed by atoms with E-state index in [9.17, 15) is 4.79 Å². The Kier molecular flexibility index (Phi) is 2.84. The molecule has 118 valence electrons. The van der Waals surface area contributed by atoms with Gasteiger partial charge in [0.1, 0.15) is 0 Å². The number of nitrogens with zero attached hydrogens (tertiary/aromatic N) is 3. The van der Waals surface area contributed by atoms with Crippen molar-refractivity contribution in [2.75, 3.05) is 6.54 Å². The van der Waals surface area contributed by atoms with E-state index in [2.05, 4.69) is 34.4 Å². The van der Waals surface area contributed by atoms with Crippen LogP contribution in [0.25, 0.3) is 0 Å². The molecule has 2 heterocycles. The number of fused-ring (bicyclic) bond motifs is 1. The van der Waals surface area contributed by atoms with Gasteiger partial charge >= 0.3 is 0 Å². The Morgan fingerprint density at radius 3 is 2.87 bits per heavy atom. The molecular weight excluding hydrogens is 290 g/mol. The molecule has 2 unspecified atom stereocenters. The van der Waals surface area contributed by atoms with Crippen molar-refractivity contribution in [1.82, 2.24) is 15.0 Å². The molecule has 0 spiro atoms. The number of hydrogen-bond acceptors (Lipinski definition) is 4. The van der Waals surface area contributed by atoms with Crippen molar-refractivity contribution in [2.24, 2.45) is 0 Å². The summed E-state index contributed by atoms with van der Waals surface area (Å²) in [7, 11) is 0. The Morgan fingerprint density at radius 1 is 1.13 bits per heavy atom. The minimum atomic E-state index is 0.0512. The van der Waals surface area contributed by atoms with Crippen LogP contribution < -0.4 is 0 Å². The van der Waals surface area contributed by atoms with E-state index in [1.165, 1.54) is 11.1 Å². The van der Waals surface area contributed by atoms with Crippen LogP contribution in [0.2, 0.25) is 0 Å². The molecule has 0 radical (unpaired) electrons. The molecule has 1 aromatic carbocycles. The van der Waals surface area contributed by atoms with Crippen LogP contribution in [-0.4, -0.2) is 27.5 Å². The molecule has 2 aromatic rings. The predicted octanol–water partition coefficient (Wildman–Crippen LogP) is 2.95. The second-order valence-electron chi connectivity index (χ2n) is 6.97. The fourth-order valence-corrected chi connectivity index (χ4v) is 3.98. The molecular formula is C18H19N3O2. The van der Waals surface area contributed by atoms with Crippen molar-refractivity contribution < 1.29 is 9.32 Å². The molecule has 1 aliphatic heterocycles.